The van der Waals surface area contributed by atoms with Gasteiger partial charge in [0, 0.05) is 57.1 Å². The number of carbonyl (C=O) groups is 1. The van der Waals surface area contributed by atoms with Gasteiger partial charge in [-0.1, -0.05) is 0 Å². The molecule has 1 amide bonds. The van der Waals surface area contributed by atoms with Crippen LogP contribution in [-0.4, -0.2) is 63.9 Å². The number of aromatic nitrogens is 2. The van der Waals surface area contributed by atoms with E-state index in [9.17, 15) is 4.79 Å². The van der Waals surface area contributed by atoms with Gasteiger partial charge in [0.05, 0.1) is 18.7 Å². The molecule has 3 atom stereocenters. The third-order valence-corrected chi connectivity index (χ3v) is 5.40. The van der Waals surface area contributed by atoms with E-state index in [1.54, 1.807) is 0 Å². The van der Waals surface area contributed by atoms with Gasteiger partial charge in [-0.05, 0) is 19.3 Å². The molecule has 1 unspecified atom stereocenters. The highest BCUT2D eigenvalue weighted by Gasteiger charge is 2.45. The molecule has 120 valence electrons. The normalized spacial score (nSPS) is 31.9. The highest BCUT2D eigenvalue weighted by Crippen LogP contribution is 2.34. The first-order chi connectivity index (χ1) is 10.7. The molecule has 6 nitrogen and oxygen atoms in total. The molecule has 3 aliphatic rings. The van der Waals surface area contributed by atoms with E-state index in [0.29, 0.717) is 24.6 Å². The lowest BCUT2D eigenvalue weighted by molar-refractivity contribution is -0.136. The van der Waals surface area contributed by atoms with Crippen molar-refractivity contribution in [1.29, 1.82) is 0 Å². The van der Waals surface area contributed by atoms with Crippen LogP contribution < -0.4 is 0 Å². The molecule has 4 heterocycles. The zero-order valence-corrected chi connectivity index (χ0v) is 13.1. The van der Waals surface area contributed by atoms with Gasteiger partial charge in [-0.2, -0.15) is 5.10 Å². The number of hydrogen-bond acceptors (Lipinski definition) is 4. The number of hydrogen-bond donors (Lipinski definition) is 0. The van der Waals surface area contributed by atoms with E-state index in [4.69, 9.17) is 4.74 Å². The summed E-state index contributed by atoms with van der Waals surface area (Å²) in [6.07, 6.45) is 7.13. The molecular formula is C16H24N4O2. The SMILES string of the molecule is Cn1cc(CN2CC[C@@H]3[C@@H]2CCN3C(=O)C2CCOC2)cn1. The molecule has 22 heavy (non-hydrogen) atoms. The summed E-state index contributed by atoms with van der Waals surface area (Å²) in [6.45, 7) is 4.30. The second-order valence-electron chi connectivity index (χ2n) is 6.80. The van der Waals surface area contributed by atoms with Crippen LogP contribution in [0.4, 0.5) is 0 Å². The molecule has 0 radical (unpaired) electrons. The van der Waals surface area contributed by atoms with Gasteiger partial charge in [0.2, 0.25) is 5.91 Å². The minimum atomic E-state index is 0.103. The summed E-state index contributed by atoms with van der Waals surface area (Å²) in [5, 5.41) is 4.25. The first-order valence-electron chi connectivity index (χ1n) is 8.32. The van der Waals surface area contributed by atoms with Crippen molar-refractivity contribution >= 4 is 5.91 Å². The predicted octanol–water partition coefficient (Wildman–Crippen LogP) is 0.632. The Kier molecular flexibility index (Phi) is 3.66. The van der Waals surface area contributed by atoms with Crippen LogP contribution in [0.25, 0.3) is 0 Å². The molecule has 3 fully saturated rings. The van der Waals surface area contributed by atoms with Crippen LogP contribution >= 0.6 is 0 Å². The van der Waals surface area contributed by atoms with Gasteiger partial charge in [0.25, 0.3) is 0 Å². The van der Waals surface area contributed by atoms with Gasteiger partial charge in [0.15, 0.2) is 0 Å². The quantitative estimate of drug-likeness (QED) is 0.822. The Morgan fingerprint density at radius 1 is 1.32 bits per heavy atom. The van der Waals surface area contributed by atoms with Crippen LogP contribution in [0.15, 0.2) is 12.4 Å². The van der Waals surface area contributed by atoms with Crippen molar-refractivity contribution in [2.45, 2.75) is 37.9 Å². The summed E-state index contributed by atoms with van der Waals surface area (Å²) in [5.41, 5.74) is 1.26. The molecule has 1 aromatic rings. The Morgan fingerprint density at radius 3 is 2.91 bits per heavy atom. The molecular weight excluding hydrogens is 280 g/mol. The maximum absolute atomic E-state index is 12.7. The summed E-state index contributed by atoms with van der Waals surface area (Å²) >= 11 is 0. The van der Waals surface area contributed by atoms with E-state index >= 15 is 0 Å². The summed E-state index contributed by atoms with van der Waals surface area (Å²) < 4.78 is 7.24. The van der Waals surface area contributed by atoms with Gasteiger partial charge < -0.3 is 9.64 Å². The van der Waals surface area contributed by atoms with E-state index in [1.165, 1.54) is 5.56 Å². The van der Waals surface area contributed by atoms with Crippen molar-refractivity contribution in [2.75, 3.05) is 26.3 Å². The second kappa shape index (κ2) is 5.66. The number of amides is 1. The van der Waals surface area contributed by atoms with Crippen molar-refractivity contribution in [3.05, 3.63) is 18.0 Å². The topological polar surface area (TPSA) is 50.6 Å². The zero-order valence-electron chi connectivity index (χ0n) is 13.1. The molecule has 1 aromatic heterocycles. The van der Waals surface area contributed by atoms with Crippen molar-refractivity contribution in [3.8, 4) is 0 Å². The van der Waals surface area contributed by atoms with E-state index in [1.807, 2.05) is 17.9 Å². The summed E-state index contributed by atoms with van der Waals surface area (Å²) in [6, 6.07) is 0.927. The molecule has 3 saturated heterocycles. The average molecular weight is 304 g/mol. The number of ether oxygens (including phenoxy) is 1. The summed E-state index contributed by atoms with van der Waals surface area (Å²) in [4.78, 5) is 17.3. The van der Waals surface area contributed by atoms with Gasteiger partial charge >= 0.3 is 0 Å². The fourth-order valence-corrected chi connectivity index (χ4v) is 4.30. The number of aryl methyl sites for hydroxylation is 1. The molecule has 4 rings (SSSR count). The van der Waals surface area contributed by atoms with Crippen molar-refractivity contribution in [1.82, 2.24) is 19.6 Å². The molecule has 0 aliphatic carbocycles. The Hall–Kier alpha value is -1.40. The number of likely N-dealkylation sites (tertiary alicyclic amines) is 2. The van der Waals surface area contributed by atoms with Crippen molar-refractivity contribution in [2.24, 2.45) is 13.0 Å². The molecule has 0 N–H and O–H groups in total. The number of fused-ring (bicyclic) bond motifs is 1. The van der Waals surface area contributed by atoms with Gasteiger partial charge in [0.1, 0.15) is 0 Å². The van der Waals surface area contributed by atoms with Crippen LogP contribution in [0.2, 0.25) is 0 Å². The van der Waals surface area contributed by atoms with Crippen LogP contribution in [0.1, 0.15) is 24.8 Å². The second-order valence-corrected chi connectivity index (χ2v) is 6.80. The third kappa shape index (κ3) is 2.44. The van der Waals surface area contributed by atoms with Crippen LogP contribution in [-0.2, 0) is 23.1 Å². The number of carbonyl (C=O) groups excluding carboxylic acids is 1. The van der Waals surface area contributed by atoms with E-state index < -0.39 is 0 Å². The molecule has 0 bridgehead atoms. The summed E-state index contributed by atoms with van der Waals surface area (Å²) in [7, 11) is 1.95. The number of nitrogens with zero attached hydrogens (tertiary/aromatic N) is 4. The minimum Gasteiger partial charge on any atom is -0.381 e. The largest absolute Gasteiger partial charge is 0.381 e. The highest BCUT2D eigenvalue weighted by atomic mass is 16.5. The first-order valence-corrected chi connectivity index (χ1v) is 8.32. The zero-order chi connectivity index (χ0) is 15.1. The first kappa shape index (κ1) is 14.2. The fourth-order valence-electron chi connectivity index (χ4n) is 4.30. The van der Waals surface area contributed by atoms with Gasteiger partial charge in [-0.25, -0.2) is 0 Å². The summed E-state index contributed by atoms with van der Waals surface area (Å²) in [5.74, 6) is 0.430. The Labute approximate surface area is 131 Å². The Bertz CT molecular complexity index is 552. The smallest absolute Gasteiger partial charge is 0.228 e. The van der Waals surface area contributed by atoms with Crippen molar-refractivity contribution in [3.63, 3.8) is 0 Å². The van der Waals surface area contributed by atoms with Crippen LogP contribution in [0.3, 0.4) is 0 Å². The Morgan fingerprint density at radius 2 is 2.18 bits per heavy atom. The predicted molar refractivity (Wildman–Crippen MR) is 81.1 cm³/mol. The maximum Gasteiger partial charge on any atom is 0.228 e. The van der Waals surface area contributed by atoms with E-state index in [2.05, 4.69) is 21.1 Å². The average Bonchev–Trinajstić information content (AvgIpc) is 3.24. The van der Waals surface area contributed by atoms with E-state index in [-0.39, 0.29) is 5.92 Å². The lowest BCUT2D eigenvalue weighted by Crippen LogP contribution is -2.42. The molecule has 3 aliphatic heterocycles. The molecule has 0 spiro atoms. The number of rotatable bonds is 3. The standard InChI is InChI=1S/C16H24N4O2/c1-18-9-12(8-17-18)10-19-5-2-15-14(19)3-6-20(15)16(21)13-4-7-22-11-13/h8-9,13-15H,2-7,10-11H2,1H3/t13?,14-,15+/m0/s1. The molecule has 6 heteroatoms. The Balaban J connectivity index is 1.41. The maximum atomic E-state index is 12.7. The van der Waals surface area contributed by atoms with E-state index in [0.717, 1.165) is 45.5 Å². The lowest BCUT2D eigenvalue weighted by Gasteiger charge is -2.27. The monoisotopic (exact) mass is 304 g/mol. The van der Waals surface area contributed by atoms with Crippen molar-refractivity contribution < 1.29 is 9.53 Å². The third-order valence-electron chi connectivity index (χ3n) is 5.40. The molecule has 0 saturated carbocycles. The van der Waals surface area contributed by atoms with Gasteiger partial charge in [-0.3, -0.25) is 14.4 Å². The van der Waals surface area contributed by atoms with Gasteiger partial charge in [-0.15, -0.1) is 0 Å². The minimum absolute atomic E-state index is 0.103. The van der Waals surface area contributed by atoms with Crippen LogP contribution in [0.5, 0.6) is 0 Å². The highest BCUT2D eigenvalue weighted by molar-refractivity contribution is 5.80. The lowest BCUT2D eigenvalue weighted by atomic mass is 10.1. The van der Waals surface area contributed by atoms with Crippen LogP contribution in [0, 0.1) is 5.92 Å². The fraction of sp³-hybridized carbons (Fsp3) is 0.750. The molecule has 0 aromatic carbocycles.